The van der Waals surface area contributed by atoms with Crippen molar-refractivity contribution in [3.63, 3.8) is 0 Å². The normalized spacial score (nSPS) is 17.2. The molecule has 130 valence electrons. The van der Waals surface area contributed by atoms with Crippen LogP contribution in [-0.4, -0.2) is 24.3 Å². The van der Waals surface area contributed by atoms with E-state index in [1.54, 1.807) is 6.26 Å². The SMILES string of the molecule is Cc1ccoc1CNC(CNC(=O)OC(C)(C)C)C1CCCC1. The fourth-order valence-electron chi connectivity index (χ4n) is 3.08. The predicted octanol–water partition coefficient (Wildman–Crippen LogP) is 3.76. The summed E-state index contributed by atoms with van der Waals surface area (Å²) in [6.45, 7) is 8.94. The number of hydrogen-bond acceptors (Lipinski definition) is 4. The van der Waals surface area contributed by atoms with Gasteiger partial charge in [-0.05, 0) is 58.1 Å². The van der Waals surface area contributed by atoms with Crippen molar-refractivity contribution < 1.29 is 13.9 Å². The Kier molecular flexibility index (Phi) is 6.10. The Morgan fingerprint density at radius 3 is 2.65 bits per heavy atom. The van der Waals surface area contributed by atoms with Crippen LogP contribution >= 0.6 is 0 Å². The summed E-state index contributed by atoms with van der Waals surface area (Å²) in [7, 11) is 0. The van der Waals surface area contributed by atoms with E-state index in [9.17, 15) is 4.79 Å². The molecule has 1 aliphatic carbocycles. The molecule has 1 saturated carbocycles. The number of amides is 1. The molecule has 0 aliphatic heterocycles. The molecule has 1 atom stereocenters. The summed E-state index contributed by atoms with van der Waals surface area (Å²) in [6.07, 6.45) is 6.34. The van der Waals surface area contributed by atoms with Crippen molar-refractivity contribution in [1.29, 1.82) is 0 Å². The quantitative estimate of drug-likeness (QED) is 0.837. The first-order valence-corrected chi connectivity index (χ1v) is 8.58. The van der Waals surface area contributed by atoms with Crippen molar-refractivity contribution in [2.24, 2.45) is 5.92 Å². The van der Waals surface area contributed by atoms with Gasteiger partial charge < -0.3 is 19.8 Å². The molecule has 2 rings (SSSR count). The van der Waals surface area contributed by atoms with Gasteiger partial charge in [0, 0.05) is 12.6 Å². The zero-order valence-electron chi connectivity index (χ0n) is 14.8. The standard InChI is InChI=1S/C18H30N2O3/c1-13-9-10-22-16(13)12-19-15(14-7-5-6-8-14)11-20-17(21)23-18(2,3)4/h9-10,14-15,19H,5-8,11-12H2,1-4H3,(H,20,21). The summed E-state index contributed by atoms with van der Waals surface area (Å²) in [5.41, 5.74) is 0.689. The van der Waals surface area contributed by atoms with E-state index < -0.39 is 5.60 Å². The second-order valence-corrected chi connectivity index (χ2v) is 7.44. The molecule has 2 N–H and O–H groups in total. The van der Waals surface area contributed by atoms with Crippen molar-refractivity contribution in [3.05, 3.63) is 23.7 Å². The Morgan fingerprint density at radius 1 is 1.39 bits per heavy atom. The predicted molar refractivity (Wildman–Crippen MR) is 90.3 cm³/mol. The van der Waals surface area contributed by atoms with Crippen molar-refractivity contribution in [1.82, 2.24) is 10.6 Å². The monoisotopic (exact) mass is 322 g/mol. The molecule has 0 bridgehead atoms. The number of furan rings is 1. The molecular formula is C18H30N2O3. The fourth-order valence-corrected chi connectivity index (χ4v) is 3.08. The first kappa shape index (κ1) is 17.9. The van der Waals surface area contributed by atoms with Crippen LogP contribution in [0.4, 0.5) is 4.79 Å². The summed E-state index contributed by atoms with van der Waals surface area (Å²) < 4.78 is 10.8. The third kappa shape index (κ3) is 5.90. The van der Waals surface area contributed by atoms with Gasteiger partial charge in [-0.1, -0.05) is 12.8 Å². The van der Waals surface area contributed by atoms with Crippen LogP contribution in [-0.2, 0) is 11.3 Å². The number of hydrogen-bond donors (Lipinski definition) is 2. The molecule has 0 saturated heterocycles. The number of aryl methyl sites for hydroxylation is 1. The van der Waals surface area contributed by atoms with Gasteiger partial charge in [0.15, 0.2) is 0 Å². The molecule has 1 fully saturated rings. The molecule has 1 aromatic rings. The van der Waals surface area contributed by atoms with Crippen LogP contribution < -0.4 is 10.6 Å². The molecule has 0 aromatic carbocycles. The van der Waals surface area contributed by atoms with Crippen molar-refractivity contribution in [3.8, 4) is 0 Å². The largest absolute Gasteiger partial charge is 0.468 e. The van der Waals surface area contributed by atoms with Crippen molar-refractivity contribution in [2.45, 2.75) is 71.6 Å². The maximum atomic E-state index is 11.9. The minimum Gasteiger partial charge on any atom is -0.468 e. The Labute approximate surface area is 139 Å². The van der Waals surface area contributed by atoms with Gasteiger partial charge in [0.2, 0.25) is 0 Å². The summed E-state index contributed by atoms with van der Waals surface area (Å²) in [5.74, 6) is 1.56. The highest BCUT2D eigenvalue weighted by Gasteiger charge is 2.26. The molecule has 0 radical (unpaired) electrons. The lowest BCUT2D eigenvalue weighted by Crippen LogP contribution is -2.45. The summed E-state index contributed by atoms with van der Waals surface area (Å²) in [4.78, 5) is 11.9. The van der Waals surface area contributed by atoms with Gasteiger partial charge in [-0.15, -0.1) is 0 Å². The van der Waals surface area contributed by atoms with Crippen LogP contribution in [0.25, 0.3) is 0 Å². The van der Waals surface area contributed by atoms with Crippen LogP contribution in [0.5, 0.6) is 0 Å². The average Bonchev–Trinajstić information content (AvgIpc) is 3.09. The van der Waals surface area contributed by atoms with Crippen molar-refractivity contribution >= 4 is 6.09 Å². The molecule has 5 nitrogen and oxygen atoms in total. The fraction of sp³-hybridized carbons (Fsp3) is 0.722. The summed E-state index contributed by atoms with van der Waals surface area (Å²) in [5, 5.41) is 6.47. The van der Waals surface area contributed by atoms with Crippen LogP contribution in [0.3, 0.4) is 0 Å². The maximum Gasteiger partial charge on any atom is 0.407 e. The number of ether oxygens (including phenoxy) is 1. The molecule has 1 heterocycles. The third-order valence-corrected chi connectivity index (χ3v) is 4.33. The minimum absolute atomic E-state index is 0.245. The minimum atomic E-state index is -0.467. The molecule has 1 unspecified atom stereocenters. The van der Waals surface area contributed by atoms with E-state index in [4.69, 9.17) is 9.15 Å². The number of carbonyl (C=O) groups excluding carboxylic acids is 1. The lowest BCUT2D eigenvalue weighted by molar-refractivity contribution is 0.0518. The second kappa shape index (κ2) is 7.86. The Morgan fingerprint density at radius 2 is 2.09 bits per heavy atom. The topological polar surface area (TPSA) is 63.5 Å². The van der Waals surface area contributed by atoms with Crippen molar-refractivity contribution in [2.75, 3.05) is 6.54 Å². The molecule has 23 heavy (non-hydrogen) atoms. The number of carbonyl (C=O) groups is 1. The van der Waals surface area contributed by atoms with Gasteiger partial charge in [-0.25, -0.2) is 4.79 Å². The van der Waals surface area contributed by atoms with Gasteiger partial charge >= 0.3 is 6.09 Å². The number of nitrogens with one attached hydrogen (secondary N) is 2. The Bertz CT molecular complexity index is 499. The van der Waals surface area contributed by atoms with E-state index in [-0.39, 0.29) is 12.1 Å². The molecular weight excluding hydrogens is 292 g/mol. The van der Waals surface area contributed by atoms with Crippen LogP contribution in [0.15, 0.2) is 16.7 Å². The van der Waals surface area contributed by atoms with E-state index in [0.717, 1.165) is 11.3 Å². The van der Waals surface area contributed by atoms with Crippen LogP contribution in [0, 0.1) is 12.8 Å². The van der Waals surface area contributed by atoms with E-state index in [1.807, 2.05) is 33.8 Å². The Balaban J connectivity index is 1.87. The number of alkyl carbamates (subject to hydrolysis) is 1. The zero-order valence-corrected chi connectivity index (χ0v) is 14.8. The maximum absolute atomic E-state index is 11.9. The van der Waals surface area contributed by atoms with Gasteiger partial charge in [0.1, 0.15) is 11.4 Å². The van der Waals surface area contributed by atoms with Gasteiger partial charge in [-0.3, -0.25) is 0 Å². The second-order valence-electron chi connectivity index (χ2n) is 7.44. The van der Waals surface area contributed by atoms with Gasteiger partial charge in [0.25, 0.3) is 0 Å². The van der Waals surface area contributed by atoms with Crippen LogP contribution in [0.1, 0.15) is 57.8 Å². The highest BCUT2D eigenvalue weighted by molar-refractivity contribution is 5.67. The lowest BCUT2D eigenvalue weighted by Gasteiger charge is -2.26. The molecule has 1 aliphatic rings. The Hall–Kier alpha value is -1.49. The summed E-state index contributed by atoms with van der Waals surface area (Å²) >= 11 is 0. The number of rotatable bonds is 6. The van der Waals surface area contributed by atoms with Crippen LogP contribution in [0.2, 0.25) is 0 Å². The molecule has 1 aromatic heterocycles. The zero-order chi connectivity index (χ0) is 16.9. The highest BCUT2D eigenvalue weighted by atomic mass is 16.6. The van der Waals surface area contributed by atoms with Gasteiger partial charge in [-0.2, -0.15) is 0 Å². The van der Waals surface area contributed by atoms with Gasteiger partial charge in [0.05, 0.1) is 12.8 Å². The lowest BCUT2D eigenvalue weighted by atomic mass is 9.98. The third-order valence-electron chi connectivity index (χ3n) is 4.33. The van der Waals surface area contributed by atoms with E-state index >= 15 is 0 Å². The molecule has 0 spiro atoms. The average molecular weight is 322 g/mol. The molecule has 5 heteroatoms. The first-order valence-electron chi connectivity index (χ1n) is 8.58. The highest BCUT2D eigenvalue weighted by Crippen LogP contribution is 2.28. The van der Waals surface area contributed by atoms with E-state index in [2.05, 4.69) is 10.6 Å². The van der Waals surface area contributed by atoms with E-state index in [1.165, 1.54) is 25.7 Å². The summed E-state index contributed by atoms with van der Waals surface area (Å²) in [6, 6.07) is 2.22. The molecule has 1 amide bonds. The smallest absolute Gasteiger partial charge is 0.407 e. The first-order chi connectivity index (χ1) is 10.8. The van der Waals surface area contributed by atoms with E-state index in [0.29, 0.717) is 19.0 Å².